The van der Waals surface area contributed by atoms with Crippen LogP contribution in [0, 0.1) is 10.1 Å². The fourth-order valence-electron chi connectivity index (χ4n) is 2.88. The Hall–Kier alpha value is -1.62. The van der Waals surface area contributed by atoms with Gasteiger partial charge in [-0.05, 0) is 25.3 Å². The van der Waals surface area contributed by atoms with Crippen LogP contribution in [0.2, 0.25) is 0 Å². The van der Waals surface area contributed by atoms with Crippen LogP contribution in [0.25, 0.3) is 0 Å². The first-order valence-electron chi connectivity index (χ1n) is 7.22. The van der Waals surface area contributed by atoms with E-state index in [1.54, 1.807) is 13.2 Å². The van der Waals surface area contributed by atoms with Gasteiger partial charge in [-0.3, -0.25) is 10.1 Å². The molecule has 0 amide bonds. The van der Waals surface area contributed by atoms with E-state index in [0.29, 0.717) is 6.42 Å². The molecular formula is C15H22N2O3. The molecule has 1 aliphatic rings. The number of benzene rings is 1. The molecule has 1 aliphatic carbocycles. The van der Waals surface area contributed by atoms with Gasteiger partial charge in [0, 0.05) is 24.4 Å². The van der Waals surface area contributed by atoms with E-state index in [9.17, 15) is 10.1 Å². The largest absolute Gasteiger partial charge is 0.379 e. The summed E-state index contributed by atoms with van der Waals surface area (Å²) in [6.07, 6.45) is 5.30. The van der Waals surface area contributed by atoms with Crippen molar-refractivity contribution >= 4 is 11.4 Å². The third kappa shape index (κ3) is 3.28. The third-order valence-electron chi connectivity index (χ3n) is 4.02. The minimum Gasteiger partial charge on any atom is -0.379 e. The van der Waals surface area contributed by atoms with Gasteiger partial charge in [-0.1, -0.05) is 25.8 Å². The zero-order valence-corrected chi connectivity index (χ0v) is 12.1. The number of nitrogens with one attached hydrogen (secondary N) is 1. The molecule has 0 saturated heterocycles. The molecule has 20 heavy (non-hydrogen) atoms. The Balaban J connectivity index is 2.16. The molecule has 1 N–H and O–H groups in total. The average molecular weight is 278 g/mol. The summed E-state index contributed by atoms with van der Waals surface area (Å²) in [7, 11) is 1.73. The minimum atomic E-state index is -0.307. The quantitative estimate of drug-likeness (QED) is 0.661. The van der Waals surface area contributed by atoms with Gasteiger partial charge in [-0.15, -0.1) is 0 Å². The zero-order chi connectivity index (χ0) is 14.5. The van der Waals surface area contributed by atoms with E-state index in [2.05, 4.69) is 5.32 Å². The van der Waals surface area contributed by atoms with Crippen molar-refractivity contribution in [3.8, 4) is 0 Å². The fourth-order valence-corrected chi connectivity index (χ4v) is 2.88. The van der Waals surface area contributed by atoms with Crippen LogP contribution in [-0.2, 0) is 11.2 Å². The molecule has 2 atom stereocenters. The summed E-state index contributed by atoms with van der Waals surface area (Å²) in [6.45, 7) is 1.93. The molecule has 1 aromatic carbocycles. The standard InChI is InChI=1S/C15H22N2O3/c1-3-11-8-9-12(10-14(11)17(18)19)16-13-6-4-5-7-15(13)20-2/h8-10,13,15-16H,3-7H2,1-2H3. The molecule has 0 heterocycles. The van der Waals surface area contributed by atoms with Crippen molar-refractivity contribution in [2.75, 3.05) is 12.4 Å². The van der Waals surface area contributed by atoms with Crippen molar-refractivity contribution in [1.29, 1.82) is 0 Å². The highest BCUT2D eigenvalue weighted by Crippen LogP contribution is 2.28. The van der Waals surface area contributed by atoms with Crippen molar-refractivity contribution < 1.29 is 9.66 Å². The lowest BCUT2D eigenvalue weighted by atomic mass is 9.92. The Bertz CT molecular complexity index is 476. The van der Waals surface area contributed by atoms with Gasteiger partial charge >= 0.3 is 0 Å². The van der Waals surface area contributed by atoms with Crippen LogP contribution < -0.4 is 5.32 Å². The highest BCUT2D eigenvalue weighted by Gasteiger charge is 2.25. The van der Waals surface area contributed by atoms with Gasteiger partial charge < -0.3 is 10.1 Å². The number of hydrogen-bond donors (Lipinski definition) is 1. The highest BCUT2D eigenvalue weighted by molar-refractivity contribution is 5.55. The number of ether oxygens (including phenoxy) is 1. The van der Waals surface area contributed by atoms with Crippen LogP contribution in [0.5, 0.6) is 0 Å². The van der Waals surface area contributed by atoms with Gasteiger partial charge in [0.2, 0.25) is 0 Å². The van der Waals surface area contributed by atoms with Crippen molar-refractivity contribution in [1.82, 2.24) is 0 Å². The SMILES string of the molecule is CCc1ccc(NC2CCCCC2OC)cc1[N+](=O)[O-]. The first-order chi connectivity index (χ1) is 9.65. The Morgan fingerprint density at radius 3 is 2.80 bits per heavy atom. The van der Waals surface area contributed by atoms with Crippen LogP contribution in [0.15, 0.2) is 18.2 Å². The van der Waals surface area contributed by atoms with Crippen LogP contribution in [0.1, 0.15) is 38.2 Å². The van der Waals surface area contributed by atoms with Crippen LogP contribution in [0.4, 0.5) is 11.4 Å². The van der Waals surface area contributed by atoms with E-state index in [4.69, 9.17) is 4.74 Å². The number of nitro benzene ring substituents is 1. The molecule has 2 unspecified atom stereocenters. The summed E-state index contributed by atoms with van der Waals surface area (Å²) in [6, 6.07) is 5.64. The molecule has 5 heteroatoms. The van der Waals surface area contributed by atoms with E-state index in [-0.39, 0.29) is 22.8 Å². The molecule has 0 bridgehead atoms. The topological polar surface area (TPSA) is 64.4 Å². The van der Waals surface area contributed by atoms with Crippen molar-refractivity contribution in [2.24, 2.45) is 0 Å². The molecular weight excluding hydrogens is 256 g/mol. The molecule has 1 aromatic rings. The fraction of sp³-hybridized carbons (Fsp3) is 0.600. The minimum absolute atomic E-state index is 0.189. The summed E-state index contributed by atoms with van der Waals surface area (Å²) in [5, 5.41) is 14.5. The van der Waals surface area contributed by atoms with Gasteiger partial charge in [0.1, 0.15) is 0 Å². The Morgan fingerprint density at radius 1 is 1.40 bits per heavy atom. The Labute approximate surface area is 119 Å². The molecule has 0 spiro atoms. The van der Waals surface area contributed by atoms with E-state index in [1.165, 1.54) is 12.8 Å². The molecule has 0 aromatic heterocycles. The van der Waals surface area contributed by atoms with Gasteiger partial charge in [-0.25, -0.2) is 0 Å². The summed E-state index contributed by atoms with van der Waals surface area (Å²) in [5.74, 6) is 0. The molecule has 0 aliphatic heterocycles. The van der Waals surface area contributed by atoms with Gasteiger partial charge in [-0.2, -0.15) is 0 Å². The van der Waals surface area contributed by atoms with Crippen molar-refractivity contribution in [3.63, 3.8) is 0 Å². The number of hydrogen-bond acceptors (Lipinski definition) is 4. The summed E-state index contributed by atoms with van der Waals surface area (Å²) in [4.78, 5) is 10.8. The second-order valence-corrected chi connectivity index (χ2v) is 5.26. The van der Waals surface area contributed by atoms with E-state index in [0.717, 1.165) is 24.1 Å². The monoisotopic (exact) mass is 278 g/mol. The third-order valence-corrected chi connectivity index (χ3v) is 4.02. The first-order valence-corrected chi connectivity index (χ1v) is 7.22. The van der Waals surface area contributed by atoms with Crippen molar-refractivity contribution in [2.45, 2.75) is 51.2 Å². The maximum absolute atomic E-state index is 11.1. The average Bonchev–Trinajstić information content (AvgIpc) is 2.47. The number of nitrogens with zero attached hydrogens (tertiary/aromatic N) is 1. The molecule has 2 rings (SSSR count). The lowest BCUT2D eigenvalue weighted by Gasteiger charge is -2.31. The number of anilines is 1. The summed E-state index contributed by atoms with van der Waals surface area (Å²) < 4.78 is 5.50. The lowest BCUT2D eigenvalue weighted by molar-refractivity contribution is -0.385. The second kappa shape index (κ2) is 6.70. The normalized spacial score (nSPS) is 22.5. The van der Waals surface area contributed by atoms with Crippen molar-refractivity contribution in [3.05, 3.63) is 33.9 Å². The predicted octanol–water partition coefficient (Wildman–Crippen LogP) is 3.53. The van der Waals surface area contributed by atoms with Crippen LogP contribution in [-0.4, -0.2) is 24.2 Å². The molecule has 1 saturated carbocycles. The van der Waals surface area contributed by atoms with E-state index in [1.807, 2.05) is 19.1 Å². The number of nitro groups is 1. The maximum atomic E-state index is 11.1. The van der Waals surface area contributed by atoms with E-state index >= 15 is 0 Å². The molecule has 110 valence electrons. The highest BCUT2D eigenvalue weighted by atomic mass is 16.6. The van der Waals surface area contributed by atoms with E-state index < -0.39 is 0 Å². The van der Waals surface area contributed by atoms with Gasteiger partial charge in [0.15, 0.2) is 0 Å². The summed E-state index contributed by atoms with van der Waals surface area (Å²) in [5.41, 5.74) is 1.78. The Morgan fingerprint density at radius 2 is 2.15 bits per heavy atom. The number of methoxy groups -OCH3 is 1. The summed E-state index contributed by atoms with van der Waals surface area (Å²) >= 11 is 0. The lowest BCUT2D eigenvalue weighted by Crippen LogP contribution is -2.37. The Kier molecular flexibility index (Phi) is 4.95. The molecule has 0 radical (unpaired) electrons. The smallest absolute Gasteiger partial charge is 0.274 e. The van der Waals surface area contributed by atoms with Gasteiger partial charge in [0.05, 0.1) is 17.1 Å². The number of aryl methyl sites for hydroxylation is 1. The predicted molar refractivity (Wildman–Crippen MR) is 79.2 cm³/mol. The molecule has 5 nitrogen and oxygen atoms in total. The molecule has 1 fully saturated rings. The number of rotatable bonds is 5. The second-order valence-electron chi connectivity index (χ2n) is 5.26. The first kappa shape index (κ1) is 14.8. The maximum Gasteiger partial charge on any atom is 0.274 e. The zero-order valence-electron chi connectivity index (χ0n) is 12.1. The van der Waals surface area contributed by atoms with Gasteiger partial charge in [0.25, 0.3) is 5.69 Å². The van der Waals surface area contributed by atoms with Crippen LogP contribution >= 0.6 is 0 Å². The van der Waals surface area contributed by atoms with Crippen LogP contribution in [0.3, 0.4) is 0 Å².